The lowest BCUT2D eigenvalue weighted by Crippen LogP contribution is -2.55. The number of allylic oxidation sites excluding steroid dienone is 2. The minimum Gasteiger partial charge on any atom is -0.461 e. The van der Waals surface area contributed by atoms with E-state index in [1.807, 2.05) is 20.8 Å². The summed E-state index contributed by atoms with van der Waals surface area (Å²) in [7, 11) is 0. The van der Waals surface area contributed by atoms with Crippen LogP contribution in [-0.2, 0) is 42.9 Å². The molecule has 9 heteroatoms. The fourth-order valence-electron chi connectivity index (χ4n) is 5.25. The van der Waals surface area contributed by atoms with Crippen molar-refractivity contribution in [1.29, 1.82) is 0 Å². The van der Waals surface area contributed by atoms with Gasteiger partial charge in [-0.15, -0.1) is 0 Å². The van der Waals surface area contributed by atoms with E-state index in [0.29, 0.717) is 0 Å². The summed E-state index contributed by atoms with van der Waals surface area (Å²) in [5.74, 6) is -4.92. The van der Waals surface area contributed by atoms with E-state index in [1.54, 1.807) is 13.0 Å². The van der Waals surface area contributed by atoms with Gasteiger partial charge in [-0.3, -0.25) is 14.4 Å². The molecule has 9 nitrogen and oxygen atoms in total. The van der Waals surface area contributed by atoms with Crippen LogP contribution in [0.4, 0.5) is 0 Å². The molecule has 2 fully saturated rings. The lowest BCUT2D eigenvalue weighted by atomic mass is 9.67. The molecule has 0 aromatic rings. The summed E-state index contributed by atoms with van der Waals surface area (Å²) in [6.07, 6.45) is 0.175. The first-order valence-corrected chi connectivity index (χ1v) is 11.6. The topological polar surface area (TPSA) is 122 Å². The van der Waals surface area contributed by atoms with Crippen LogP contribution in [0.15, 0.2) is 36.5 Å². The highest BCUT2D eigenvalue weighted by molar-refractivity contribution is 5.99. The van der Waals surface area contributed by atoms with E-state index in [9.17, 15) is 24.0 Å². The summed E-state index contributed by atoms with van der Waals surface area (Å²) in [6.45, 7) is 15.5. The average Bonchev–Trinajstić information content (AvgIpc) is 3.04. The third-order valence-corrected chi connectivity index (χ3v) is 7.08. The summed E-state index contributed by atoms with van der Waals surface area (Å²) >= 11 is 0. The Morgan fingerprint density at radius 3 is 2.46 bits per heavy atom. The van der Waals surface area contributed by atoms with Crippen molar-refractivity contribution in [3.63, 3.8) is 0 Å². The quantitative estimate of drug-likeness (QED) is 0.302. The molecular weight excluding hydrogens is 456 g/mol. The molecule has 3 aliphatic rings. The first kappa shape index (κ1) is 26.4. The summed E-state index contributed by atoms with van der Waals surface area (Å²) < 4.78 is 22.2. The number of esters is 4. The number of carbonyl (C=O) groups excluding carboxylic acids is 5. The van der Waals surface area contributed by atoms with Gasteiger partial charge in [0.1, 0.15) is 24.9 Å². The second kappa shape index (κ2) is 9.79. The third kappa shape index (κ3) is 4.81. The average molecular weight is 489 g/mol. The van der Waals surface area contributed by atoms with Gasteiger partial charge in [-0.2, -0.15) is 0 Å². The normalized spacial score (nSPS) is 33.5. The molecule has 1 saturated heterocycles. The maximum atomic E-state index is 13.2. The first-order valence-electron chi connectivity index (χ1n) is 11.6. The second-order valence-corrected chi connectivity index (χ2v) is 10.1. The van der Waals surface area contributed by atoms with Crippen LogP contribution in [-0.4, -0.2) is 54.6 Å². The largest absolute Gasteiger partial charge is 0.461 e. The molecule has 0 aromatic carbocycles. The Hall–Kier alpha value is -3.23. The molecule has 1 heterocycles. The molecule has 7 unspecified atom stereocenters. The predicted octanol–water partition coefficient (Wildman–Crippen LogP) is 2.48. The van der Waals surface area contributed by atoms with Gasteiger partial charge in [0.25, 0.3) is 0 Å². The van der Waals surface area contributed by atoms with Crippen molar-refractivity contribution in [2.45, 2.75) is 59.4 Å². The summed E-state index contributed by atoms with van der Waals surface area (Å²) in [5.41, 5.74) is -1.48. The first-order chi connectivity index (χ1) is 16.3. The number of fused-ring (bicyclic) bond motifs is 3. The van der Waals surface area contributed by atoms with Crippen molar-refractivity contribution < 1.29 is 42.9 Å². The van der Waals surface area contributed by atoms with Crippen LogP contribution >= 0.6 is 0 Å². The fourth-order valence-corrected chi connectivity index (χ4v) is 5.25. The molecule has 1 aliphatic heterocycles. The predicted molar refractivity (Wildman–Crippen MR) is 122 cm³/mol. The Labute approximate surface area is 204 Å². The van der Waals surface area contributed by atoms with E-state index in [4.69, 9.17) is 18.9 Å². The van der Waals surface area contributed by atoms with Crippen LogP contribution in [0.3, 0.4) is 0 Å². The minimum atomic E-state index is -1.28. The Kier molecular flexibility index (Phi) is 7.38. The molecule has 0 aromatic heterocycles. The van der Waals surface area contributed by atoms with Crippen LogP contribution in [0.25, 0.3) is 0 Å². The Morgan fingerprint density at radius 1 is 1.20 bits per heavy atom. The van der Waals surface area contributed by atoms with Gasteiger partial charge in [-0.1, -0.05) is 40.0 Å². The van der Waals surface area contributed by atoms with E-state index >= 15 is 0 Å². The Bertz CT molecular complexity index is 1010. The summed E-state index contributed by atoms with van der Waals surface area (Å²) in [4.78, 5) is 62.8. The maximum Gasteiger partial charge on any atom is 0.337 e. The fraction of sp³-hybridized carbons (Fsp3) is 0.577. The van der Waals surface area contributed by atoms with E-state index in [1.165, 1.54) is 13.0 Å². The zero-order chi connectivity index (χ0) is 26.2. The van der Waals surface area contributed by atoms with Gasteiger partial charge in [-0.05, 0) is 24.8 Å². The van der Waals surface area contributed by atoms with Crippen molar-refractivity contribution in [2.75, 3.05) is 6.61 Å². The van der Waals surface area contributed by atoms with Crippen molar-refractivity contribution in [1.82, 2.24) is 0 Å². The zero-order valence-electron chi connectivity index (χ0n) is 20.7. The van der Waals surface area contributed by atoms with E-state index in [0.717, 1.165) is 0 Å². The molecule has 0 radical (unpaired) electrons. The lowest BCUT2D eigenvalue weighted by molar-refractivity contribution is -0.189. The van der Waals surface area contributed by atoms with Crippen LogP contribution in [0.5, 0.6) is 0 Å². The van der Waals surface area contributed by atoms with E-state index < -0.39 is 72.0 Å². The van der Waals surface area contributed by atoms with Gasteiger partial charge >= 0.3 is 23.9 Å². The number of rotatable bonds is 7. The third-order valence-electron chi connectivity index (χ3n) is 7.08. The van der Waals surface area contributed by atoms with Crippen LogP contribution in [0, 0.1) is 29.1 Å². The van der Waals surface area contributed by atoms with Crippen LogP contribution in [0.2, 0.25) is 0 Å². The highest BCUT2D eigenvalue weighted by atomic mass is 16.6. The van der Waals surface area contributed by atoms with Gasteiger partial charge in [0, 0.05) is 24.8 Å². The van der Waals surface area contributed by atoms with Crippen molar-refractivity contribution in [2.24, 2.45) is 29.1 Å². The van der Waals surface area contributed by atoms with E-state index in [2.05, 4.69) is 13.2 Å². The SMILES string of the molecule is C=C(COC(C)=O)C(=O)OC1C2C(=C)C(=O)OC(C(C)C3C=CC(=O)C31C)C2OC(=O)CC(C)C. The standard InChI is InChI=1S/C26H32O9/c1-12(2)10-19(29)33-22-20-15(5)25(31)34-21(22)14(4)17-8-9-18(28)26(17,7)23(20)35-24(30)13(3)11-32-16(6)27/h8-9,12,14,17,20-23H,3,5,10-11H2,1-2,4,6-7H3. The summed E-state index contributed by atoms with van der Waals surface area (Å²) in [5, 5.41) is 0. The maximum absolute atomic E-state index is 13.2. The monoisotopic (exact) mass is 488 g/mol. The number of hydrogen-bond donors (Lipinski definition) is 0. The van der Waals surface area contributed by atoms with E-state index in [-0.39, 0.29) is 29.3 Å². The van der Waals surface area contributed by atoms with Gasteiger partial charge < -0.3 is 18.9 Å². The molecule has 3 rings (SSSR count). The van der Waals surface area contributed by atoms with Crippen molar-refractivity contribution >= 4 is 29.7 Å². The van der Waals surface area contributed by atoms with Gasteiger partial charge in [0.05, 0.1) is 16.9 Å². The second-order valence-electron chi connectivity index (χ2n) is 10.1. The van der Waals surface area contributed by atoms with Gasteiger partial charge in [0.15, 0.2) is 5.78 Å². The zero-order valence-corrected chi connectivity index (χ0v) is 20.7. The molecule has 1 saturated carbocycles. The van der Waals surface area contributed by atoms with Crippen LogP contribution in [0.1, 0.15) is 41.0 Å². The molecule has 0 spiro atoms. The molecule has 7 atom stereocenters. The highest BCUT2D eigenvalue weighted by Gasteiger charge is 2.65. The Morgan fingerprint density at radius 2 is 1.86 bits per heavy atom. The molecule has 35 heavy (non-hydrogen) atoms. The molecule has 190 valence electrons. The van der Waals surface area contributed by atoms with Crippen molar-refractivity contribution in [3.8, 4) is 0 Å². The number of carbonyl (C=O) groups is 5. The van der Waals surface area contributed by atoms with Crippen LogP contribution < -0.4 is 0 Å². The number of ether oxygens (including phenoxy) is 4. The van der Waals surface area contributed by atoms with Gasteiger partial charge in [-0.25, -0.2) is 9.59 Å². The number of ketones is 1. The molecule has 2 aliphatic carbocycles. The summed E-state index contributed by atoms with van der Waals surface area (Å²) in [6, 6.07) is 0. The highest BCUT2D eigenvalue weighted by Crippen LogP contribution is 2.55. The van der Waals surface area contributed by atoms with Crippen molar-refractivity contribution in [3.05, 3.63) is 36.5 Å². The molecule has 0 amide bonds. The minimum absolute atomic E-state index is 0.0240. The molecular formula is C26H32O9. The lowest BCUT2D eigenvalue weighted by Gasteiger charge is -2.42. The van der Waals surface area contributed by atoms with Gasteiger partial charge in [0.2, 0.25) is 0 Å². The number of hydrogen-bond acceptors (Lipinski definition) is 9. The molecule has 0 N–H and O–H groups in total. The Balaban J connectivity index is 2.07. The molecule has 2 bridgehead atoms. The smallest absolute Gasteiger partial charge is 0.337 e.